The molecule has 1 aromatic heterocycles. The quantitative estimate of drug-likeness (QED) is 0.812. The van der Waals surface area contributed by atoms with Gasteiger partial charge in [-0.1, -0.05) is 41.6 Å². The van der Waals surface area contributed by atoms with Crippen molar-refractivity contribution in [2.75, 3.05) is 14.2 Å². The zero-order chi connectivity index (χ0) is 15.6. The maximum atomic E-state index is 12.3. The van der Waals surface area contributed by atoms with Crippen LogP contribution in [0, 0.1) is 0 Å². The van der Waals surface area contributed by atoms with Gasteiger partial charge in [-0.05, 0) is 11.6 Å². The summed E-state index contributed by atoms with van der Waals surface area (Å²) in [5, 5.41) is 4.06. The van der Waals surface area contributed by atoms with Gasteiger partial charge >= 0.3 is 0 Å². The van der Waals surface area contributed by atoms with Crippen molar-refractivity contribution in [2.24, 2.45) is 0 Å². The number of methoxy groups -OCH3 is 2. The van der Waals surface area contributed by atoms with E-state index in [1.165, 1.54) is 14.2 Å². The van der Waals surface area contributed by atoms with Crippen LogP contribution in [0.1, 0.15) is 29.0 Å². The topological polar surface area (TPSA) is 61.6 Å². The summed E-state index contributed by atoms with van der Waals surface area (Å²) < 4.78 is 16.2. The van der Waals surface area contributed by atoms with Crippen molar-refractivity contribution < 1.29 is 18.8 Å². The van der Waals surface area contributed by atoms with Crippen LogP contribution in [0.3, 0.4) is 0 Å². The molecule has 0 amide bonds. The molecule has 0 fully saturated rings. The fraction of sp³-hybridized carbons (Fsp3) is 0.294. The van der Waals surface area contributed by atoms with Crippen LogP contribution in [0.2, 0.25) is 0 Å². The Hall–Kier alpha value is -2.24. The van der Waals surface area contributed by atoms with Gasteiger partial charge in [-0.2, -0.15) is 0 Å². The van der Waals surface area contributed by atoms with Crippen LogP contribution < -0.4 is 0 Å². The Bertz CT molecular complexity index is 699. The van der Waals surface area contributed by atoms with E-state index < -0.39 is 5.79 Å². The fourth-order valence-corrected chi connectivity index (χ4v) is 2.76. The lowest BCUT2D eigenvalue weighted by molar-refractivity contribution is -0.216. The van der Waals surface area contributed by atoms with Crippen LogP contribution in [0.25, 0.3) is 12.2 Å². The van der Waals surface area contributed by atoms with Gasteiger partial charge in [0.25, 0.3) is 5.79 Å². The summed E-state index contributed by atoms with van der Waals surface area (Å²) in [7, 11) is 2.91. The number of aromatic nitrogens is 1. The first-order chi connectivity index (χ1) is 10.7. The first kappa shape index (κ1) is 14.7. The van der Waals surface area contributed by atoms with Gasteiger partial charge < -0.3 is 14.0 Å². The largest absolute Gasteiger partial charge is 0.360 e. The summed E-state index contributed by atoms with van der Waals surface area (Å²) in [4.78, 5) is 12.3. The zero-order valence-electron chi connectivity index (χ0n) is 12.5. The lowest BCUT2D eigenvalue weighted by Crippen LogP contribution is -2.43. The lowest BCUT2D eigenvalue weighted by Gasteiger charge is -2.31. The monoisotopic (exact) mass is 299 g/mol. The van der Waals surface area contributed by atoms with Crippen LogP contribution in [-0.4, -0.2) is 25.2 Å². The number of Topliss-reactive ketones (excluding diaryl/α,β-unsaturated/α-hetero) is 1. The van der Waals surface area contributed by atoms with Crippen molar-refractivity contribution in [1.29, 1.82) is 0 Å². The Balaban J connectivity index is 2.04. The smallest absolute Gasteiger partial charge is 0.261 e. The van der Waals surface area contributed by atoms with Crippen LogP contribution in [0.5, 0.6) is 0 Å². The molecule has 22 heavy (non-hydrogen) atoms. The maximum Gasteiger partial charge on any atom is 0.261 e. The standard InChI is InChI=1S/C17H17NO4/c1-20-17(21-2)15(19)11-10-14-16(17)13(18-22-14)9-8-12-6-4-3-5-7-12/h3-9H,10-11H2,1-2H3/b9-8+. The highest BCUT2D eigenvalue weighted by molar-refractivity contribution is 5.90. The van der Waals surface area contributed by atoms with Crippen molar-refractivity contribution >= 4 is 17.9 Å². The van der Waals surface area contributed by atoms with E-state index >= 15 is 0 Å². The summed E-state index contributed by atoms with van der Waals surface area (Å²) in [6.45, 7) is 0. The van der Waals surface area contributed by atoms with Crippen LogP contribution in [0.4, 0.5) is 0 Å². The van der Waals surface area contributed by atoms with E-state index in [-0.39, 0.29) is 5.78 Å². The van der Waals surface area contributed by atoms with E-state index in [0.29, 0.717) is 29.9 Å². The summed E-state index contributed by atoms with van der Waals surface area (Å²) in [5.74, 6) is -0.914. The molecule has 3 rings (SSSR count). The molecule has 1 aromatic carbocycles. The lowest BCUT2D eigenvalue weighted by atomic mass is 9.88. The van der Waals surface area contributed by atoms with E-state index in [4.69, 9.17) is 14.0 Å². The van der Waals surface area contributed by atoms with E-state index in [0.717, 1.165) is 5.56 Å². The van der Waals surface area contributed by atoms with Gasteiger partial charge in [-0.3, -0.25) is 4.79 Å². The number of hydrogen-bond donors (Lipinski definition) is 0. The van der Waals surface area contributed by atoms with Crippen molar-refractivity contribution in [3.63, 3.8) is 0 Å². The second kappa shape index (κ2) is 5.87. The number of ether oxygens (including phenoxy) is 2. The summed E-state index contributed by atoms with van der Waals surface area (Å²) in [6, 6.07) is 9.82. The SMILES string of the molecule is COC1(OC)C(=O)CCc2onc(/C=C/c3ccccc3)c21. The molecule has 1 aliphatic carbocycles. The molecular formula is C17H17NO4. The first-order valence-electron chi connectivity index (χ1n) is 7.07. The normalized spacial score (nSPS) is 16.9. The number of rotatable bonds is 4. The molecule has 1 aliphatic rings. The fourth-order valence-electron chi connectivity index (χ4n) is 2.76. The van der Waals surface area contributed by atoms with Gasteiger partial charge in [0.1, 0.15) is 11.5 Å². The van der Waals surface area contributed by atoms with E-state index in [9.17, 15) is 4.79 Å². The minimum absolute atomic E-state index is 0.123. The van der Waals surface area contributed by atoms with Crippen LogP contribution in [0.15, 0.2) is 34.9 Å². The third-order valence-electron chi connectivity index (χ3n) is 3.87. The molecule has 0 radical (unpaired) electrons. The minimum Gasteiger partial charge on any atom is -0.360 e. The summed E-state index contributed by atoms with van der Waals surface area (Å²) >= 11 is 0. The van der Waals surface area contributed by atoms with Gasteiger partial charge in [-0.25, -0.2) is 0 Å². The van der Waals surface area contributed by atoms with E-state index in [1.807, 2.05) is 42.5 Å². The molecule has 114 valence electrons. The molecule has 2 aromatic rings. The van der Waals surface area contributed by atoms with Gasteiger partial charge in [0.2, 0.25) is 0 Å². The van der Waals surface area contributed by atoms with Crippen molar-refractivity contribution in [1.82, 2.24) is 5.16 Å². The second-order valence-electron chi connectivity index (χ2n) is 5.06. The Kier molecular flexibility index (Phi) is 3.92. The Morgan fingerprint density at radius 1 is 1.14 bits per heavy atom. The molecule has 0 spiro atoms. The molecular weight excluding hydrogens is 282 g/mol. The van der Waals surface area contributed by atoms with Gasteiger partial charge in [0, 0.05) is 27.1 Å². The maximum absolute atomic E-state index is 12.3. The molecule has 5 heteroatoms. The number of carbonyl (C=O) groups is 1. The first-order valence-corrected chi connectivity index (χ1v) is 7.07. The van der Waals surface area contributed by atoms with Crippen molar-refractivity contribution in [3.8, 4) is 0 Å². The molecule has 0 saturated carbocycles. The molecule has 0 unspecified atom stereocenters. The molecule has 0 atom stereocenters. The van der Waals surface area contributed by atoms with Crippen LogP contribution in [-0.2, 0) is 26.5 Å². The van der Waals surface area contributed by atoms with Crippen molar-refractivity contribution in [2.45, 2.75) is 18.6 Å². The number of ketones is 1. The summed E-state index contributed by atoms with van der Waals surface area (Å²) in [6.07, 6.45) is 4.54. The number of aryl methyl sites for hydroxylation is 1. The molecule has 5 nitrogen and oxygen atoms in total. The Labute approximate surface area is 128 Å². The molecule has 0 aliphatic heterocycles. The highest BCUT2D eigenvalue weighted by atomic mass is 16.7. The van der Waals surface area contributed by atoms with Gasteiger partial charge in [0.15, 0.2) is 5.78 Å². The molecule has 0 bridgehead atoms. The Morgan fingerprint density at radius 2 is 1.86 bits per heavy atom. The van der Waals surface area contributed by atoms with Crippen LogP contribution >= 0.6 is 0 Å². The third kappa shape index (κ3) is 2.28. The molecule has 0 saturated heterocycles. The van der Waals surface area contributed by atoms with Gasteiger partial charge in [-0.15, -0.1) is 0 Å². The molecule has 1 heterocycles. The van der Waals surface area contributed by atoms with E-state index in [2.05, 4.69) is 5.16 Å². The summed E-state index contributed by atoms with van der Waals surface area (Å²) in [5.41, 5.74) is 2.15. The predicted octanol–water partition coefficient (Wildman–Crippen LogP) is 2.81. The highest BCUT2D eigenvalue weighted by Gasteiger charge is 2.49. The number of carbonyl (C=O) groups excluding carboxylic acids is 1. The number of nitrogens with zero attached hydrogens (tertiary/aromatic N) is 1. The predicted molar refractivity (Wildman–Crippen MR) is 80.9 cm³/mol. The second-order valence-corrected chi connectivity index (χ2v) is 5.06. The van der Waals surface area contributed by atoms with Crippen molar-refractivity contribution in [3.05, 3.63) is 52.9 Å². The number of benzene rings is 1. The highest BCUT2D eigenvalue weighted by Crippen LogP contribution is 2.39. The Morgan fingerprint density at radius 3 is 2.55 bits per heavy atom. The number of hydrogen-bond acceptors (Lipinski definition) is 5. The number of fused-ring (bicyclic) bond motifs is 1. The van der Waals surface area contributed by atoms with E-state index in [1.54, 1.807) is 0 Å². The average Bonchev–Trinajstić information content (AvgIpc) is 2.98. The molecule has 0 N–H and O–H groups in total. The zero-order valence-corrected chi connectivity index (χ0v) is 12.5. The van der Waals surface area contributed by atoms with Gasteiger partial charge in [0.05, 0.1) is 5.56 Å². The average molecular weight is 299 g/mol. The third-order valence-corrected chi connectivity index (χ3v) is 3.87. The minimum atomic E-state index is -1.43.